The molecule has 0 spiro atoms. The van der Waals surface area contributed by atoms with Crippen molar-refractivity contribution in [2.24, 2.45) is 29.1 Å². The average molecular weight is 381 g/mol. The lowest BCUT2D eigenvalue weighted by molar-refractivity contribution is 0.245. The molecule has 0 nitrogen and oxygen atoms in total. The van der Waals surface area contributed by atoms with Gasteiger partial charge in [-0.15, -0.1) is 0 Å². The highest BCUT2D eigenvalue weighted by atomic mass is 14.5. The highest BCUT2D eigenvalue weighted by Crippen LogP contribution is 2.57. The molecule has 4 atom stereocenters. The van der Waals surface area contributed by atoms with Gasteiger partial charge in [0.1, 0.15) is 0 Å². The number of rotatable bonds is 5. The molecule has 0 heterocycles. The molecule has 3 aliphatic rings. The van der Waals surface area contributed by atoms with Gasteiger partial charge in [0.05, 0.1) is 0 Å². The molecule has 0 aromatic carbocycles. The topological polar surface area (TPSA) is 0 Å². The van der Waals surface area contributed by atoms with Crippen LogP contribution in [-0.4, -0.2) is 0 Å². The van der Waals surface area contributed by atoms with E-state index in [9.17, 15) is 0 Å². The Morgan fingerprint density at radius 1 is 1.11 bits per heavy atom. The van der Waals surface area contributed by atoms with Gasteiger partial charge in [0.2, 0.25) is 0 Å². The Morgan fingerprint density at radius 2 is 1.82 bits per heavy atom. The zero-order valence-corrected chi connectivity index (χ0v) is 19.3. The van der Waals surface area contributed by atoms with Crippen molar-refractivity contribution in [2.45, 2.75) is 98.8 Å². The summed E-state index contributed by atoms with van der Waals surface area (Å²) in [6, 6.07) is 0. The van der Waals surface area contributed by atoms with Crippen LogP contribution in [0.15, 0.2) is 47.1 Å². The van der Waals surface area contributed by atoms with Crippen molar-refractivity contribution in [1.29, 1.82) is 0 Å². The fourth-order valence-electron chi connectivity index (χ4n) is 6.21. The van der Waals surface area contributed by atoms with E-state index in [1.54, 1.807) is 16.7 Å². The van der Waals surface area contributed by atoms with E-state index in [0.29, 0.717) is 17.3 Å². The SMILES string of the molecule is C=C1C(C)CC(=CC=C2CCCC3(C)C(=CCCCC(C)C)CCC23)CC1C. The van der Waals surface area contributed by atoms with Gasteiger partial charge in [-0.1, -0.05) is 88.1 Å². The summed E-state index contributed by atoms with van der Waals surface area (Å²) >= 11 is 0. The molecular formula is C28H44. The molecule has 4 unspecified atom stereocenters. The third kappa shape index (κ3) is 4.74. The van der Waals surface area contributed by atoms with E-state index in [-0.39, 0.29) is 0 Å². The lowest BCUT2D eigenvalue weighted by atomic mass is 9.65. The third-order valence-corrected chi connectivity index (χ3v) is 8.13. The standard InChI is InChI=1S/C28H44/c1-20(2)10-7-8-12-26-15-16-27-25(11-9-17-28(26,27)6)14-13-24-18-21(3)23(5)22(4)19-24/h12-14,20-22,27H,5,7-11,15-19H2,1-4,6H3. The molecule has 0 N–H and O–H groups in total. The van der Waals surface area contributed by atoms with Crippen molar-refractivity contribution in [2.75, 3.05) is 0 Å². The fourth-order valence-corrected chi connectivity index (χ4v) is 6.21. The molecule has 28 heavy (non-hydrogen) atoms. The van der Waals surface area contributed by atoms with E-state index < -0.39 is 0 Å². The maximum absolute atomic E-state index is 4.31. The summed E-state index contributed by atoms with van der Waals surface area (Å²) in [5.74, 6) is 2.93. The summed E-state index contributed by atoms with van der Waals surface area (Å²) in [7, 11) is 0. The van der Waals surface area contributed by atoms with E-state index >= 15 is 0 Å². The largest absolute Gasteiger partial charge is 0.0993 e. The predicted molar refractivity (Wildman–Crippen MR) is 124 cm³/mol. The maximum Gasteiger partial charge on any atom is -0.00507 e. The quantitative estimate of drug-likeness (QED) is 0.330. The Labute approximate surface area is 175 Å². The van der Waals surface area contributed by atoms with Crippen molar-refractivity contribution >= 4 is 0 Å². The van der Waals surface area contributed by atoms with Crippen LogP contribution in [0.1, 0.15) is 98.8 Å². The molecule has 0 aromatic rings. The Kier molecular flexibility index (Phi) is 7.11. The van der Waals surface area contributed by atoms with Gasteiger partial charge in [0, 0.05) is 0 Å². The second kappa shape index (κ2) is 9.19. The minimum atomic E-state index is 0.446. The van der Waals surface area contributed by atoms with Gasteiger partial charge in [0.25, 0.3) is 0 Å². The Hall–Kier alpha value is -1.04. The lowest BCUT2D eigenvalue weighted by Crippen LogP contribution is -2.29. The monoisotopic (exact) mass is 380 g/mol. The minimum absolute atomic E-state index is 0.446. The molecule has 0 bridgehead atoms. The van der Waals surface area contributed by atoms with Crippen LogP contribution < -0.4 is 0 Å². The van der Waals surface area contributed by atoms with Gasteiger partial charge in [-0.05, 0) is 86.9 Å². The molecule has 0 radical (unpaired) electrons. The normalized spacial score (nSPS) is 36.4. The van der Waals surface area contributed by atoms with Gasteiger partial charge in [-0.2, -0.15) is 0 Å². The summed E-state index contributed by atoms with van der Waals surface area (Å²) in [6.45, 7) is 16.3. The van der Waals surface area contributed by atoms with Crippen LogP contribution in [0.2, 0.25) is 0 Å². The van der Waals surface area contributed by atoms with Crippen LogP contribution in [0.4, 0.5) is 0 Å². The summed E-state index contributed by atoms with van der Waals surface area (Å²) in [6.07, 6.45) is 21.0. The number of allylic oxidation sites excluding steroid dienone is 7. The van der Waals surface area contributed by atoms with Gasteiger partial charge in [0.15, 0.2) is 0 Å². The van der Waals surface area contributed by atoms with Gasteiger partial charge >= 0.3 is 0 Å². The number of unbranched alkanes of at least 4 members (excludes halogenated alkanes) is 1. The molecule has 0 aliphatic heterocycles. The minimum Gasteiger partial charge on any atom is -0.0993 e. The van der Waals surface area contributed by atoms with Crippen molar-refractivity contribution in [3.05, 3.63) is 47.1 Å². The molecule has 3 fully saturated rings. The molecule has 156 valence electrons. The maximum atomic E-state index is 4.31. The van der Waals surface area contributed by atoms with E-state index in [1.807, 2.05) is 0 Å². The van der Waals surface area contributed by atoms with Crippen molar-refractivity contribution < 1.29 is 0 Å². The summed E-state index contributed by atoms with van der Waals surface area (Å²) < 4.78 is 0. The van der Waals surface area contributed by atoms with Crippen molar-refractivity contribution in [3.8, 4) is 0 Å². The van der Waals surface area contributed by atoms with Crippen LogP contribution in [0.5, 0.6) is 0 Å². The van der Waals surface area contributed by atoms with E-state index in [0.717, 1.165) is 11.8 Å². The van der Waals surface area contributed by atoms with Crippen LogP contribution in [-0.2, 0) is 0 Å². The van der Waals surface area contributed by atoms with Gasteiger partial charge < -0.3 is 0 Å². The van der Waals surface area contributed by atoms with Gasteiger partial charge in [-0.25, -0.2) is 0 Å². The molecule has 0 amide bonds. The molecular weight excluding hydrogens is 336 g/mol. The van der Waals surface area contributed by atoms with Crippen LogP contribution in [0, 0.1) is 29.1 Å². The Bertz CT molecular complexity index is 640. The second-order valence-corrected chi connectivity index (χ2v) is 10.8. The zero-order valence-electron chi connectivity index (χ0n) is 19.3. The first-order chi connectivity index (χ1) is 13.3. The third-order valence-electron chi connectivity index (χ3n) is 8.13. The highest BCUT2D eigenvalue weighted by Gasteiger charge is 2.45. The second-order valence-electron chi connectivity index (χ2n) is 10.8. The van der Waals surface area contributed by atoms with Crippen molar-refractivity contribution in [1.82, 2.24) is 0 Å². The number of hydrogen-bond donors (Lipinski definition) is 0. The predicted octanol–water partition coefficient (Wildman–Crippen LogP) is 8.81. The van der Waals surface area contributed by atoms with E-state index in [1.165, 1.54) is 69.8 Å². The molecule has 3 aliphatic carbocycles. The van der Waals surface area contributed by atoms with E-state index in [4.69, 9.17) is 0 Å². The molecule has 3 saturated carbocycles. The molecule has 0 saturated heterocycles. The summed E-state index contributed by atoms with van der Waals surface area (Å²) in [5.41, 5.74) is 7.09. The summed E-state index contributed by atoms with van der Waals surface area (Å²) in [5, 5.41) is 0. The molecule has 0 heteroatoms. The average Bonchev–Trinajstić information content (AvgIpc) is 2.98. The van der Waals surface area contributed by atoms with E-state index in [2.05, 4.69) is 59.4 Å². The Morgan fingerprint density at radius 3 is 2.50 bits per heavy atom. The number of hydrogen-bond acceptors (Lipinski definition) is 0. The van der Waals surface area contributed by atoms with Crippen LogP contribution in [0.25, 0.3) is 0 Å². The first-order valence-electron chi connectivity index (χ1n) is 12.1. The molecule has 0 aromatic heterocycles. The van der Waals surface area contributed by atoms with Crippen molar-refractivity contribution in [3.63, 3.8) is 0 Å². The summed E-state index contributed by atoms with van der Waals surface area (Å²) in [4.78, 5) is 0. The molecule has 3 rings (SSSR count). The van der Waals surface area contributed by atoms with Crippen LogP contribution >= 0.6 is 0 Å². The first kappa shape index (κ1) is 21.7. The smallest absolute Gasteiger partial charge is 0.00507 e. The first-order valence-corrected chi connectivity index (χ1v) is 12.1. The van der Waals surface area contributed by atoms with Crippen LogP contribution in [0.3, 0.4) is 0 Å². The highest BCUT2D eigenvalue weighted by molar-refractivity contribution is 5.33. The van der Waals surface area contributed by atoms with Gasteiger partial charge in [-0.3, -0.25) is 0 Å². The lowest BCUT2D eigenvalue weighted by Gasteiger charge is -2.39. The fraction of sp³-hybridized carbons (Fsp3) is 0.714. The Balaban J connectivity index is 1.70. The number of fused-ring (bicyclic) bond motifs is 1. The zero-order chi connectivity index (χ0) is 20.3.